The van der Waals surface area contributed by atoms with Gasteiger partial charge in [-0.05, 0) is 19.0 Å². The summed E-state index contributed by atoms with van der Waals surface area (Å²) >= 11 is 0. The molecule has 4 nitrogen and oxygen atoms in total. The van der Waals surface area contributed by atoms with E-state index in [0.29, 0.717) is 13.2 Å². The minimum Gasteiger partial charge on any atom is -0.377 e. The van der Waals surface area contributed by atoms with Crippen LogP contribution in [-0.2, 0) is 14.6 Å². The van der Waals surface area contributed by atoms with E-state index in [9.17, 15) is 8.42 Å². The van der Waals surface area contributed by atoms with Crippen molar-refractivity contribution >= 4 is 9.84 Å². The monoisotopic (exact) mass is 233 g/mol. The largest absolute Gasteiger partial charge is 0.377 e. The fourth-order valence-electron chi connectivity index (χ4n) is 1.47. The molecular formula is C10H19NO3S. The predicted octanol–water partition coefficient (Wildman–Crippen LogP) is 0.310. The maximum Gasteiger partial charge on any atom is 0.148 e. The quantitative estimate of drug-likeness (QED) is 0.641. The Morgan fingerprint density at radius 2 is 2.27 bits per heavy atom. The molecule has 88 valence electrons. The molecule has 0 radical (unpaired) electrons. The van der Waals surface area contributed by atoms with Gasteiger partial charge in [-0.15, -0.1) is 0 Å². The van der Waals surface area contributed by atoms with E-state index in [-0.39, 0.29) is 5.75 Å². The SMILES string of the molecule is CN(CCS(C)(=O)=O)CC1=CCCOC1. The summed E-state index contributed by atoms with van der Waals surface area (Å²) in [5.74, 6) is 0.220. The van der Waals surface area contributed by atoms with E-state index in [1.165, 1.54) is 11.8 Å². The molecule has 0 saturated carbocycles. The van der Waals surface area contributed by atoms with Crippen LogP contribution in [0.1, 0.15) is 6.42 Å². The van der Waals surface area contributed by atoms with Gasteiger partial charge in [-0.2, -0.15) is 0 Å². The number of ether oxygens (including phenoxy) is 1. The minimum atomic E-state index is -2.85. The molecule has 0 aromatic rings. The first-order chi connectivity index (χ1) is 6.97. The zero-order valence-corrected chi connectivity index (χ0v) is 10.2. The fraction of sp³-hybridized carbons (Fsp3) is 0.800. The van der Waals surface area contributed by atoms with E-state index in [1.807, 2.05) is 11.9 Å². The Morgan fingerprint density at radius 1 is 1.53 bits per heavy atom. The van der Waals surface area contributed by atoms with Gasteiger partial charge in [0, 0.05) is 19.3 Å². The van der Waals surface area contributed by atoms with Crippen molar-refractivity contribution in [2.24, 2.45) is 0 Å². The highest BCUT2D eigenvalue weighted by Crippen LogP contribution is 2.06. The van der Waals surface area contributed by atoms with Crippen LogP contribution < -0.4 is 0 Å². The van der Waals surface area contributed by atoms with Crippen LogP contribution in [0.25, 0.3) is 0 Å². The number of hydrogen-bond donors (Lipinski definition) is 0. The van der Waals surface area contributed by atoms with Crippen molar-refractivity contribution in [1.29, 1.82) is 0 Å². The Morgan fingerprint density at radius 3 is 2.80 bits per heavy atom. The van der Waals surface area contributed by atoms with Crippen LogP contribution in [0.3, 0.4) is 0 Å². The Kier molecular flexibility index (Phi) is 4.76. The molecule has 0 bridgehead atoms. The Labute approximate surface area is 91.8 Å². The standard InChI is InChI=1S/C10H19NO3S/c1-11(5-7-15(2,12)13)8-10-4-3-6-14-9-10/h4H,3,5-9H2,1-2H3. The molecule has 0 N–H and O–H groups in total. The topological polar surface area (TPSA) is 46.6 Å². The Hall–Kier alpha value is -0.390. The van der Waals surface area contributed by atoms with Crippen LogP contribution in [0.2, 0.25) is 0 Å². The van der Waals surface area contributed by atoms with Gasteiger partial charge in [-0.1, -0.05) is 6.08 Å². The molecule has 0 amide bonds. The minimum absolute atomic E-state index is 0.220. The smallest absolute Gasteiger partial charge is 0.148 e. The molecule has 0 fully saturated rings. The average Bonchev–Trinajstić information content (AvgIpc) is 2.15. The molecule has 5 heteroatoms. The van der Waals surface area contributed by atoms with Crippen LogP contribution in [0.15, 0.2) is 11.6 Å². The zero-order valence-electron chi connectivity index (χ0n) is 9.40. The van der Waals surface area contributed by atoms with Gasteiger partial charge in [0.25, 0.3) is 0 Å². The summed E-state index contributed by atoms with van der Waals surface area (Å²) < 4.78 is 27.2. The number of rotatable bonds is 5. The third-order valence-electron chi connectivity index (χ3n) is 2.30. The third kappa shape index (κ3) is 5.92. The average molecular weight is 233 g/mol. The van der Waals surface area contributed by atoms with Crippen molar-refractivity contribution in [1.82, 2.24) is 4.90 Å². The lowest BCUT2D eigenvalue weighted by molar-refractivity contribution is 0.144. The normalized spacial score (nSPS) is 17.9. The van der Waals surface area contributed by atoms with Crippen LogP contribution in [0.4, 0.5) is 0 Å². The number of hydrogen-bond acceptors (Lipinski definition) is 4. The van der Waals surface area contributed by atoms with E-state index < -0.39 is 9.84 Å². The van der Waals surface area contributed by atoms with Gasteiger partial charge in [0.2, 0.25) is 0 Å². The van der Waals surface area contributed by atoms with Gasteiger partial charge in [0.1, 0.15) is 9.84 Å². The Bertz CT molecular complexity index is 322. The van der Waals surface area contributed by atoms with Crippen LogP contribution in [0, 0.1) is 0 Å². The summed E-state index contributed by atoms with van der Waals surface area (Å²) in [7, 11) is -0.921. The van der Waals surface area contributed by atoms with Crippen LogP contribution >= 0.6 is 0 Å². The van der Waals surface area contributed by atoms with Crippen molar-refractivity contribution in [2.45, 2.75) is 6.42 Å². The number of nitrogens with zero attached hydrogens (tertiary/aromatic N) is 1. The van der Waals surface area contributed by atoms with E-state index in [4.69, 9.17) is 4.74 Å². The van der Waals surface area contributed by atoms with E-state index in [1.54, 1.807) is 0 Å². The molecule has 1 rings (SSSR count). The molecule has 0 aromatic heterocycles. The first-order valence-corrected chi connectivity index (χ1v) is 7.15. The van der Waals surface area contributed by atoms with Crippen molar-refractivity contribution in [3.05, 3.63) is 11.6 Å². The second kappa shape index (κ2) is 5.63. The van der Waals surface area contributed by atoms with Gasteiger partial charge in [-0.3, -0.25) is 0 Å². The second-order valence-electron chi connectivity index (χ2n) is 4.07. The summed E-state index contributed by atoms with van der Waals surface area (Å²) in [6.45, 7) is 2.87. The van der Waals surface area contributed by atoms with Crippen LogP contribution in [0.5, 0.6) is 0 Å². The van der Waals surface area contributed by atoms with Crippen LogP contribution in [-0.4, -0.2) is 58.7 Å². The molecule has 1 aliphatic rings. The first kappa shape index (κ1) is 12.7. The van der Waals surface area contributed by atoms with Gasteiger partial charge < -0.3 is 9.64 Å². The maximum absolute atomic E-state index is 11.0. The molecular weight excluding hydrogens is 214 g/mol. The molecule has 1 aliphatic heterocycles. The van der Waals surface area contributed by atoms with Crippen molar-refractivity contribution in [3.8, 4) is 0 Å². The van der Waals surface area contributed by atoms with Gasteiger partial charge >= 0.3 is 0 Å². The molecule has 0 unspecified atom stereocenters. The second-order valence-corrected chi connectivity index (χ2v) is 6.33. The van der Waals surface area contributed by atoms with Gasteiger partial charge in [0.15, 0.2) is 0 Å². The molecule has 0 spiro atoms. The highest BCUT2D eigenvalue weighted by Gasteiger charge is 2.09. The lowest BCUT2D eigenvalue weighted by atomic mass is 10.2. The lowest BCUT2D eigenvalue weighted by Crippen LogP contribution is -2.28. The van der Waals surface area contributed by atoms with Crippen molar-refractivity contribution < 1.29 is 13.2 Å². The van der Waals surface area contributed by atoms with E-state index in [2.05, 4.69) is 6.08 Å². The van der Waals surface area contributed by atoms with E-state index in [0.717, 1.165) is 19.6 Å². The predicted molar refractivity (Wildman–Crippen MR) is 60.7 cm³/mol. The lowest BCUT2D eigenvalue weighted by Gasteiger charge is -2.20. The fourth-order valence-corrected chi connectivity index (χ4v) is 2.11. The Balaban J connectivity index is 2.29. The summed E-state index contributed by atoms with van der Waals surface area (Å²) in [5.41, 5.74) is 1.25. The van der Waals surface area contributed by atoms with E-state index >= 15 is 0 Å². The molecule has 0 aliphatic carbocycles. The van der Waals surface area contributed by atoms with Crippen molar-refractivity contribution in [3.63, 3.8) is 0 Å². The van der Waals surface area contributed by atoms with Crippen molar-refractivity contribution in [2.75, 3.05) is 45.4 Å². The van der Waals surface area contributed by atoms with Gasteiger partial charge in [0.05, 0.1) is 19.0 Å². The molecule has 1 heterocycles. The molecule has 0 saturated heterocycles. The first-order valence-electron chi connectivity index (χ1n) is 5.09. The summed E-state index contributed by atoms with van der Waals surface area (Å²) in [6.07, 6.45) is 4.42. The molecule has 0 aromatic carbocycles. The summed E-state index contributed by atoms with van der Waals surface area (Å²) in [4.78, 5) is 2.02. The highest BCUT2D eigenvalue weighted by molar-refractivity contribution is 7.90. The zero-order chi connectivity index (χ0) is 11.3. The summed E-state index contributed by atoms with van der Waals surface area (Å²) in [6, 6.07) is 0. The molecule has 0 atom stereocenters. The number of likely N-dealkylation sites (N-methyl/N-ethyl adjacent to an activating group) is 1. The maximum atomic E-state index is 11.0. The highest BCUT2D eigenvalue weighted by atomic mass is 32.2. The third-order valence-corrected chi connectivity index (χ3v) is 3.22. The number of sulfone groups is 1. The summed E-state index contributed by atoms with van der Waals surface area (Å²) in [5, 5.41) is 0. The van der Waals surface area contributed by atoms with Gasteiger partial charge in [-0.25, -0.2) is 8.42 Å². The molecule has 15 heavy (non-hydrogen) atoms.